The average molecular weight is 204 g/mol. The Kier molecular flexibility index (Phi) is 2.13. The van der Waals surface area contributed by atoms with Crippen LogP contribution in [0.5, 0.6) is 0 Å². The maximum Gasteiger partial charge on any atom is 0.123 e. The molecule has 1 fully saturated rings. The fourth-order valence-electron chi connectivity index (χ4n) is 2.99. The van der Waals surface area contributed by atoms with Gasteiger partial charge in [-0.3, -0.25) is 4.99 Å². The van der Waals surface area contributed by atoms with E-state index in [2.05, 4.69) is 28.5 Å². The van der Waals surface area contributed by atoms with Gasteiger partial charge in [0.2, 0.25) is 0 Å². The lowest BCUT2D eigenvalue weighted by atomic mass is 9.73. The predicted octanol–water partition coefficient (Wildman–Crippen LogP) is 1.01. The van der Waals surface area contributed by atoms with Gasteiger partial charge in [-0.25, -0.2) is 0 Å². The molecule has 0 bridgehead atoms. The maximum absolute atomic E-state index is 9.15. The van der Waals surface area contributed by atoms with Gasteiger partial charge in [-0.2, -0.15) is 0 Å². The molecule has 3 aliphatic rings. The average Bonchev–Trinajstić information content (AvgIpc) is 2.29. The molecule has 3 unspecified atom stereocenters. The summed E-state index contributed by atoms with van der Waals surface area (Å²) in [5.41, 5.74) is 1.53. The Balaban J connectivity index is 1.97. The van der Waals surface area contributed by atoms with Crippen LogP contribution in [0.15, 0.2) is 28.8 Å². The summed E-state index contributed by atoms with van der Waals surface area (Å²) in [6, 6.07) is 0.748. The van der Waals surface area contributed by atoms with Crippen molar-refractivity contribution in [2.45, 2.75) is 31.3 Å². The SMILES string of the molecule is OCC1=NC2CCCC3=CC=CC(N1)C32. The molecule has 2 aliphatic carbocycles. The lowest BCUT2D eigenvalue weighted by molar-refractivity contribution is 0.305. The second-order valence-corrected chi connectivity index (χ2v) is 4.52. The van der Waals surface area contributed by atoms with Gasteiger partial charge in [0.15, 0.2) is 0 Å². The van der Waals surface area contributed by atoms with Crippen molar-refractivity contribution in [3.63, 3.8) is 0 Å². The zero-order valence-corrected chi connectivity index (χ0v) is 8.69. The minimum Gasteiger partial charge on any atom is -0.388 e. The van der Waals surface area contributed by atoms with Crippen LogP contribution in [0.3, 0.4) is 0 Å². The molecule has 0 aromatic rings. The van der Waals surface area contributed by atoms with E-state index >= 15 is 0 Å². The molecule has 2 N–H and O–H groups in total. The van der Waals surface area contributed by atoms with E-state index in [0.29, 0.717) is 18.0 Å². The Labute approximate surface area is 89.6 Å². The smallest absolute Gasteiger partial charge is 0.123 e. The van der Waals surface area contributed by atoms with Crippen LogP contribution in [0, 0.1) is 5.92 Å². The molecule has 0 radical (unpaired) electrons. The van der Waals surface area contributed by atoms with Crippen molar-refractivity contribution >= 4 is 5.84 Å². The van der Waals surface area contributed by atoms with E-state index in [1.54, 1.807) is 0 Å². The van der Waals surface area contributed by atoms with Gasteiger partial charge in [0.1, 0.15) is 12.4 Å². The van der Waals surface area contributed by atoms with E-state index in [1.165, 1.54) is 18.4 Å². The van der Waals surface area contributed by atoms with Crippen LogP contribution in [-0.4, -0.2) is 29.6 Å². The first kappa shape index (κ1) is 9.16. The zero-order chi connectivity index (χ0) is 10.3. The Morgan fingerprint density at radius 1 is 1.53 bits per heavy atom. The van der Waals surface area contributed by atoms with E-state index < -0.39 is 0 Å². The summed E-state index contributed by atoms with van der Waals surface area (Å²) in [4.78, 5) is 4.59. The molecule has 3 nitrogen and oxygen atoms in total. The highest BCUT2D eigenvalue weighted by Gasteiger charge is 2.38. The number of nitrogens with one attached hydrogen (secondary N) is 1. The lowest BCUT2D eigenvalue weighted by Crippen LogP contribution is -2.51. The molecule has 1 heterocycles. The van der Waals surface area contributed by atoms with Crippen LogP contribution in [0.2, 0.25) is 0 Å². The second kappa shape index (κ2) is 3.49. The fourth-order valence-corrected chi connectivity index (χ4v) is 2.99. The number of amidine groups is 1. The van der Waals surface area contributed by atoms with Crippen molar-refractivity contribution in [3.05, 3.63) is 23.8 Å². The molecule has 0 saturated heterocycles. The normalized spacial score (nSPS) is 37.5. The van der Waals surface area contributed by atoms with Gasteiger partial charge >= 0.3 is 0 Å². The fraction of sp³-hybridized carbons (Fsp3) is 0.583. The van der Waals surface area contributed by atoms with Crippen molar-refractivity contribution in [2.24, 2.45) is 10.9 Å². The molecule has 0 aromatic heterocycles. The Bertz CT molecular complexity index is 357. The summed E-state index contributed by atoms with van der Waals surface area (Å²) >= 11 is 0. The van der Waals surface area contributed by atoms with Crippen LogP contribution >= 0.6 is 0 Å². The number of aliphatic imine (C=N–C) groups is 1. The minimum atomic E-state index is 0.0343. The molecular formula is C12H16N2O. The quantitative estimate of drug-likeness (QED) is 0.669. The Morgan fingerprint density at radius 2 is 2.47 bits per heavy atom. The van der Waals surface area contributed by atoms with Gasteiger partial charge in [-0.05, 0) is 19.3 Å². The molecule has 1 aliphatic heterocycles. The summed E-state index contributed by atoms with van der Waals surface area (Å²) in [7, 11) is 0. The van der Waals surface area contributed by atoms with Crippen molar-refractivity contribution in [1.29, 1.82) is 0 Å². The molecule has 3 rings (SSSR count). The largest absolute Gasteiger partial charge is 0.388 e. The summed E-state index contributed by atoms with van der Waals surface area (Å²) in [5.74, 6) is 1.30. The molecule has 1 saturated carbocycles. The molecule has 3 heteroatoms. The Morgan fingerprint density at radius 3 is 3.33 bits per heavy atom. The van der Waals surface area contributed by atoms with E-state index in [-0.39, 0.29) is 6.61 Å². The number of allylic oxidation sites excluding steroid dienone is 2. The molecule has 80 valence electrons. The monoisotopic (exact) mass is 204 g/mol. The summed E-state index contributed by atoms with van der Waals surface area (Å²) in [6.07, 6.45) is 10.2. The second-order valence-electron chi connectivity index (χ2n) is 4.52. The third kappa shape index (κ3) is 1.42. The van der Waals surface area contributed by atoms with E-state index in [1.807, 2.05) is 0 Å². The highest BCUT2D eigenvalue weighted by Crippen LogP contribution is 2.38. The van der Waals surface area contributed by atoms with E-state index in [0.717, 1.165) is 12.3 Å². The number of nitrogens with zero attached hydrogens (tertiary/aromatic N) is 1. The maximum atomic E-state index is 9.15. The highest BCUT2D eigenvalue weighted by molar-refractivity contribution is 5.85. The van der Waals surface area contributed by atoms with Gasteiger partial charge in [0.05, 0.1) is 12.1 Å². The zero-order valence-electron chi connectivity index (χ0n) is 8.69. The molecule has 0 amide bonds. The molecular weight excluding hydrogens is 188 g/mol. The van der Waals surface area contributed by atoms with Crippen LogP contribution < -0.4 is 5.32 Å². The van der Waals surface area contributed by atoms with Crippen molar-refractivity contribution < 1.29 is 5.11 Å². The molecule has 0 aromatic carbocycles. The molecule has 0 spiro atoms. The van der Waals surface area contributed by atoms with Crippen molar-refractivity contribution in [1.82, 2.24) is 5.32 Å². The summed E-state index contributed by atoms with van der Waals surface area (Å²) in [6.45, 7) is 0.0343. The van der Waals surface area contributed by atoms with Gasteiger partial charge < -0.3 is 10.4 Å². The summed E-state index contributed by atoms with van der Waals surface area (Å²) < 4.78 is 0. The van der Waals surface area contributed by atoms with Crippen molar-refractivity contribution in [3.8, 4) is 0 Å². The van der Waals surface area contributed by atoms with Gasteiger partial charge in [-0.15, -0.1) is 0 Å². The lowest BCUT2D eigenvalue weighted by Gasteiger charge is -2.42. The first-order chi connectivity index (χ1) is 7.38. The summed E-state index contributed by atoms with van der Waals surface area (Å²) in [5, 5.41) is 12.5. The van der Waals surface area contributed by atoms with Gasteiger partial charge in [-0.1, -0.05) is 23.8 Å². The van der Waals surface area contributed by atoms with Crippen LogP contribution in [-0.2, 0) is 0 Å². The standard InChI is InChI=1S/C12H16N2O/c15-7-11-13-9-5-1-3-8-4-2-6-10(14-11)12(8)9/h1,3,5,9-10,12,15H,2,4,6-7H2,(H,13,14). The van der Waals surface area contributed by atoms with Gasteiger partial charge in [0, 0.05) is 5.92 Å². The number of rotatable bonds is 1. The Hall–Kier alpha value is -1.09. The van der Waals surface area contributed by atoms with Gasteiger partial charge in [0.25, 0.3) is 0 Å². The number of aliphatic hydroxyl groups excluding tert-OH is 1. The third-order valence-corrected chi connectivity index (χ3v) is 3.63. The first-order valence-electron chi connectivity index (χ1n) is 5.70. The highest BCUT2D eigenvalue weighted by atomic mass is 16.3. The first-order valence-corrected chi connectivity index (χ1v) is 5.70. The van der Waals surface area contributed by atoms with E-state index in [9.17, 15) is 0 Å². The minimum absolute atomic E-state index is 0.0343. The number of hydrogen-bond donors (Lipinski definition) is 2. The number of hydrogen-bond acceptors (Lipinski definition) is 3. The number of aliphatic hydroxyl groups is 1. The van der Waals surface area contributed by atoms with Crippen LogP contribution in [0.25, 0.3) is 0 Å². The van der Waals surface area contributed by atoms with Crippen LogP contribution in [0.1, 0.15) is 19.3 Å². The van der Waals surface area contributed by atoms with Crippen LogP contribution in [0.4, 0.5) is 0 Å². The van der Waals surface area contributed by atoms with E-state index in [4.69, 9.17) is 5.11 Å². The predicted molar refractivity (Wildman–Crippen MR) is 59.8 cm³/mol. The van der Waals surface area contributed by atoms with Crippen molar-refractivity contribution in [2.75, 3.05) is 6.61 Å². The molecule has 3 atom stereocenters. The molecule has 15 heavy (non-hydrogen) atoms. The topological polar surface area (TPSA) is 44.6 Å². The third-order valence-electron chi connectivity index (χ3n) is 3.63.